The summed E-state index contributed by atoms with van der Waals surface area (Å²) in [4.78, 5) is 18.6. The van der Waals surface area contributed by atoms with Crippen LogP contribution in [0.25, 0.3) is 23.1 Å². The molecule has 0 radical (unpaired) electrons. The molecule has 0 aliphatic rings. The van der Waals surface area contributed by atoms with Crippen LogP contribution in [0.15, 0.2) is 101 Å². The summed E-state index contributed by atoms with van der Waals surface area (Å²) < 4.78 is 2.00. The van der Waals surface area contributed by atoms with Gasteiger partial charge in [-0.15, -0.1) is 0 Å². The maximum Gasteiger partial charge on any atom is 0.252 e. The van der Waals surface area contributed by atoms with Gasteiger partial charge < -0.3 is 11.1 Å². The van der Waals surface area contributed by atoms with E-state index in [1.54, 1.807) is 25.0 Å². The standard InChI is InChI=1S/C29H25N5OS/c1-31-29(35)25-7-2-3-8-28(25)36-23-14-15-24-26(18-23)33-34(19-20-9-11-21(30)12-10-20)27(24)16-13-22-6-4-5-17-32-22/h2-18H,19,30H2,1H3,(H,31,35)/b16-13+. The Hall–Kier alpha value is -4.36. The van der Waals surface area contributed by atoms with E-state index < -0.39 is 0 Å². The highest BCUT2D eigenvalue weighted by atomic mass is 32.2. The lowest BCUT2D eigenvalue weighted by molar-refractivity contribution is 0.0960. The van der Waals surface area contributed by atoms with Crippen LogP contribution in [0.5, 0.6) is 0 Å². The topological polar surface area (TPSA) is 85.8 Å². The zero-order valence-electron chi connectivity index (χ0n) is 19.8. The Morgan fingerprint density at radius 2 is 1.81 bits per heavy atom. The van der Waals surface area contributed by atoms with Crippen LogP contribution in [0, 0.1) is 0 Å². The molecule has 0 aliphatic carbocycles. The molecule has 0 spiro atoms. The summed E-state index contributed by atoms with van der Waals surface area (Å²) in [6.07, 6.45) is 5.84. The molecule has 6 nitrogen and oxygen atoms in total. The van der Waals surface area contributed by atoms with E-state index in [2.05, 4.69) is 34.6 Å². The molecule has 2 aromatic heterocycles. The number of fused-ring (bicyclic) bond motifs is 1. The third kappa shape index (κ3) is 5.16. The predicted molar refractivity (Wildman–Crippen MR) is 147 cm³/mol. The van der Waals surface area contributed by atoms with Crippen molar-refractivity contribution < 1.29 is 4.79 Å². The molecule has 0 fully saturated rings. The van der Waals surface area contributed by atoms with E-state index in [0.717, 1.165) is 43.3 Å². The first-order valence-electron chi connectivity index (χ1n) is 11.5. The number of hydrogen-bond donors (Lipinski definition) is 2. The fourth-order valence-electron chi connectivity index (χ4n) is 3.93. The van der Waals surface area contributed by atoms with E-state index in [0.29, 0.717) is 12.1 Å². The minimum absolute atomic E-state index is 0.103. The van der Waals surface area contributed by atoms with Crippen LogP contribution in [-0.2, 0) is 6.54 Å². The molecule has 2 heterocycles. The van der Waals surface area contributed by atoms with E-state index in [-0.39, 0.29) is 5.91 Å². The van der Waals surface area contributed by atoms with Crippen molar-refractivity contribution in [1.82, 2.24) is 20.1 Å². The summed E-state index contributed by atoms with van der Waals surface area (Å²) in [6, 6.07) is 27.5. The zero-order valence-corrected chi connectivity index (χ0v) is 20.6. The summed E-state index contributed by atoms with van der Waals surface area (Å²) >= 11 is 1.55. The number of nitrogens with zero attached hydrogens (tertiary/aromatic N) is 3. The second-order valence-electron chi connectivity index (χ2n) is 8.23. The van der Waals surface area contributed by atoms with Crippen molar-refractivity contribution in [3.05, 3.63) is 114 Å². The van der Waals surface area contributed by atoms with Gasteiger partial charge in [0.25, 0.3) is 5.91 Å². The number of carbonyl (C=O) groups is 1. The smallest absolute Gasteiger partial charge is 0.252 e. The third-order valence-corrected chi connectivity index (χ3v) is 6.82. The van der Waals surface area contributed by atoms with E-state index in [4.69, 9.17) is 10.8 Å². The molecule has 3 aromatic carbocycles. The van der Waals surface area contributed by atoms with Crippen LogP contribution >= 0.6 is 11.8 Å². The summed E-state index contributed by atoms with van der Waals surface area (Å²) in [6.45, 7) is 0.610. The summed E-state index contributed by atoms with van der Waals surface area (Å²) in [5, 5.41) is 8.70. The Bertz CT molecular complexity index is 1540. The number of pyridine rings is 1. The van der Waals surface area contributed by atoms with Crippen LogP contribution in [0.4, 0.5) is 5.69 Å². The first-order valence-corrected chi connectivity index (χ1v) is 12.4. The van der Waals surface area contributed by atoms with Gasteiger partial charge in [0.1, 0.15) is 0 Å². The van der Waals surface area contributed by atoms with E-state index in [1.807, 2.05) is 77.5 Å². The number of hydrogen-bond acceptors (Lipinski definition) is 5. The quantitative estimate of drug-likeness (QED) is 0.284. The van der Waals surface area contributed by atoms with Gasteiger partial charge in [-0.05, 0) is 72.3 Å². The van der Waals surface area contributed by atoms with Gasteiger partial charge in [-0.2, -0.15) is 5.10 Å². The van der Waals surface area contributed by atoms with Crippen molar-refractivity contribution >= 4 is 46.4 Å². The highest BCUT2D eigenvalue weighted by Crippen LogP contribution is 2.33. The molecule has 0 saturated heterocycles. The predicted octanol–water partition coefficient (Wildman–Crippen LogP) is 5.74. The number of anilines is 1. The van der Waals surface area contributed by atoms with Crippen molar-refractivity contribution in [1.29, 1.82) is 0 Å². The van der Waals surface area contributed by atoms with Gasteiger partial charge >= 0.3 is 0 Å². The Labute approximate surface area is 213 Å². The summed E-state index contributed by atoms with van der Waals surface area (Å²) in [7, 11) is 1.64. The molecule has 0 saturated carbocycles. The van der Waals surface area contributed by atoms with Gasteiger partial charge in [-0.25, -0.2) is 0 Å². The van der Waals surface area contributed by atoms with Gasteiger partial charge in [0.15, 0.2) is 0 Å². The molecule has 0 unspecified atom stereocenters. The highest BCUT2D eigenvalue weighted by Gasteiger charge is 2.14. The average Bonchev–Trinajstić information content (AvgIpc) is 3.25. The molecule has 0 aliphatic heterocycles. The van der Waals surface area contributed by atoms with Crippen molar-refractivity contribution in [2.45, 2.75) is 16.3 Å². The maximum absolute atomic E-state index is 12.3. The van der Waals surface area contributed by atoms with E-state index in [9.17, 15) is 4.79 Å². The number of nitrogens with one attached hydrogen (secondary N) is 1. The van der Waals surface area contributed by atoms with Gasteiger partial charge in [-0.3, -0.25) is 14.5 Å². The van der Waals surface area contributed by atoms with Crippen LogP contribution in [0.1, 0.15) is 27.3 Å². The highest BCUT2D eigenvalue weighted by molar-refractivity contribution is 7.99. The lowest BCUT2D eigenvalue weighted by Crippen LogP contribution is -2.18. The van der Waals surface area contributed by atoms with Crippen LogP contribution < -0.4 is 11.1 Å². The van der Waals surface area contributed by atoms with E-state index in [1.165, 1.54) is 0 Å². The van der Waals surface area contributed by atoms with Crippen LogP contribution in [0.2, 0.25) is 0 Å². The number of amides is 1. The average molecular weight is 492 g/mol. The number of benzene rings is 3. The van der Waals surface area contributed by atoms with Crippen LogP contribution in [0.3, 0.4) is 0 Å². The molecular weight excluding hydrogens is 466 g/mol. The normalized spacial score (nSPS) is 11.2. The molecule has 0 atom stereocenters. The molecule has 3 N–H and O–H groups in total. The van der Waals surface area contributed by atoms with E-state index >= 15 is 0 Å². The SMILES string of the molecule is CNC(=O)c1ccccc1Sc1ccc2c(/C=C/c3ccccn3)n(Cc3ccc(N)cc3)nc2c1. The molecule has 1 amide bonds. The lowest BCUT2D eigenvalue weighted by atomic mass is 10.1. The molecule has 5 aromatic rings. The number of carbonyl (C=O) groups excluding carboxylic acids is 1. The van der Waals surface area contributed by atoms with Crippen molar-refractivity contribution in [3.8, 4) is 0 Å². The number of aromatic nitrogens is 3. The van der Waals surface area contributed by atoms with Crippen LogP contribution in [-0.4, -0.2) is 27.7 Å². The fourth-order valence-corrected chi connectivity index (χ4v) is 4.91. The molecule has 5 rings (SSSR count). The maximum atomic E-state index is 12.3. The molecule has 0 bridgehead atoms. The number of nitrogen functional groups attached to an aromatic ring is 1. The van der Waals surface area contributed by atoms with Gasteiger partial charge in [-0.1, -0.05) is 42.1 Å². The molecule has 7 heteroatoms. The Balaban J connectivity index is 1.53. The Kier molecular flexibility index (Phi) is 6.82. The first-order chi connectivity index (χ1) is 17.6. The monoisotopic (exact) mass is 491 g/mol. The molecule has 36 heavy (non-hydrogen) atoms. The van der Waals surface area contributed by atoms with Crippen molar-refractivity contribution in [2.75, 3.05) is 12.8 Å². The fraction of sp³-hybridized carbons (Fsp3) is 0.0690. The summed E-state index contributed by atoms with van der Waals surface area (Å²) in [5.41, 5.74) is 11.1. The number of nitrogens with two attached hydrogens (primary N) is 1. The molecular formula is C29H25N5OS. The van der Waals surface area contributed by atoms with Crippen molar-refractivity contribution in [3.63, 3.8) is 0 Å². The lowest BCUT2D eigenvalue weighted by Gasteiger charge is -2.08. The Morgan fingerprint density at radius 1 is 1.00 bits per heavy atom. The molecule has 178 valence electrons. The van der Waals surface area contributed by atoms with Gasteiger partial charge in [0.05, 0.1) is 29.0 Å². The minimum Gasteiger partial charge on any atom is -0.399 e. The van der Waals surface area contributed by atoms with Gasteiger partial charge in [0.2, 0.25) is 0 Å². The zero-order chi connectivity index (χ0) is 24.9. The van der Waals surface area contributed by atoms with Gasteiger partial charge in [0, 0.05) is 34.1 Å². The largest absolute Gasteiger partial charge is 0.399 e. The Morgan fingerprint density at radius 3 is 2.58 bits per heavy atom. The summed E-state index contributed by atoms with van der Waals surface area (Å²) in [5.74, 6) is -0.103. The first kappa shape index (κ1) is 23.4. The second-order valence-corrected chi connectivity index (χ2v) is 9.34. The second kappa shape index (κ2) is 10.5. The van der Waals surface area contributed by atoms with Crippen molar-refractivity contribution in [2.24, 2.45) is 0 Å². The number of rotatable bonds is 7. The third-order valence-electron chi connectivity index (χ3n) is 5.75. The minimum atomic E-state index is -0.103.